The maximum atomic E-state index is 12.6. The van der Waals surface area contributed by atoms with Crippen molar-refractivity contribution in [2.24, 2.45) is 11.8 Å². The zero-order chi connectivity index (χ0) is 14.8. The Bertz CT molecular complexity index is 557. The van der Waals surface area contributed by atoms with Gasteiger partial charge in [0.1, 0.15) is 4.90 Å². The van der Waals surface area contributed by atoms with E-state index in [2.05, 4.69) is 18.8 Å². The second-order valence-electron chi connectivity index (χ2n) is 5.75. The van der Waals surface area contributed by atoms with Crippen LogP contribution in [0.5, 0.6) is 0 Å². The topological polar surface area (TPSA) is 76.3 Å². The van der Waals surface area contributed by atoms with Crippen LogP contribution in [0.2, 0.25) is 0 Å². The van der Waals surface area contributed by atoms with Crippen LogP contribution in [-0.2, 0) is 10.0 Å². The van der Waals surface area contributed by atoms with E-state index in [4.69, 9.17) is 5.73 Å². The van der Waals surface area contributed by atoms with Crippen molar-refractivity contribution >= 4 is 15.7 Å². The Morgan fingerprint density at radius 3 is 2.75 bits per heavy atom. The number of sulfonamides is 1. The molecule has 0 aliphatic carbocycles. The molecule has 1 aliphatic rings. The highest BCUT2D eigenvalue weighted by Gasteiger charge is 2.29. The molecule has 0 radical (unpaired) electrons. The summed E-state index contributed by atoms with van der Waals surface area (Å²) in [6.07, 6.45) is 5.76. The van der Waals surface area contributed by atoms with E-state index >= 15 is 0 Å². The van der Waals surface area contributed by atoms with Crippen molar-refractivity contribution in [3.63, 3.8) is 0 Å². The standard InChI is InChI=1S/C14H23N3O2S/c1-11(2)12-4-3-8-17(9-6-12)20(18,19)14-10-16-7-5-13(14)15/h5,7,10-12H,3-4,6,8-9H2,1-2H3,(H2,15,16). The van der Waals surface area contributed by atoms with Crippen molar-refractivity contribution in [1.82, 2.24) is 9.29 Å². The zero-order valence-electron chi connectivity index (χ0n) is 12.1. The molecule has 112 valence electrons. The number of hydrogen-bond acceptors (Lipinski definition) is 4. The second kappa shape index (κ2) is 6.10. The molecule has 1 aromatic rings. The summed E-state index contributed by atoms with van der Waals surface area (Å²) in [6, 6.07) is 1.53. The van der Waals surface area contributed by atoms with Crippen molar-refractivity contribution < 1.29 is 8.42 Å². The summed E-state index contributed by atoms with van der Waals surface area (Å²) < 4.78 is 26.8. The SMILES string of the molecule is CC(C)C1CCCN(S(=O)(=O)c2cnccc2N)CC1. The molecule has 0 spiro atoms. The Balaban J connectivity index is 2.21. The molecule has 1 atom stereocenters. The largest absolute Gasteiger partial charge is 0.398 e. The molecule has 1 unspecified atom stereocenters. The van der Waals surface area contributed by atoms with Gasteiger partial charge < -0.3 is 5.73 Å². The summed E-state index contributed by atoms with van der Waals surface area (Å²) in [6.45, 7) is 5.54. The van der Waals surface area contributed by atoms with Crippen LogP contribution in [0.25, 0.3) is 0 Å². The number of aromatic nitrogens is 1. The minimum Gasteiger partial charge on any atom is -0.398 e. The number of pyridine rings is 1. The number of nitrogens with two attached hydrogens (primary N) is 1. The summed E-state index contributed by atoms with van der Waals surface area (Å²) in [4.78, 5) is 4.02. The van der Waals surface area contributed by atoms with Gasteiger partial charge in [-0.3, -0.25) is 4.98 Å². The minimum absolute atomic E-state index is 0.128. The van der Waals surface area contributed by atoms with Crippen LogP contribution in [0, 0.1) is 11.8 Å². The molecule has 5 nitrogen and oxygen atoms in total. The summed E-state index contributed by atoms with van der Waals surface area (Å²) in [5, 5.41) is 0. The van der Waals surface area contributed by atoms with Gasteiger partial charge in [0.15, 0.2) is 0 Å². The van der Waals surface area contributed by atoms with Crippen LogP contribution in [0.1, 0.15) is 33.1 Å². The van der Waals surface area contributed by atoms with Crippen molar-refractivity contribution in [3.05, 3.63) is 18.5 Å². The van der Waals surface area contributed by atoms with E-state index in [0.717, 1.165) is 19.3 Å². The molecular formula is C14H23N3O2S. The molecule has 0 bridgehead atoms. The molecule has 2 rings (SSSR count). The predicted octanol–water partition coefficient (Wildman–Crippen LogP) is 2.11. The Morgan fingerprint density at radius 2 is 2.10 bits per heavy atom. The van der Waals surface area contributed by atoms with Crippen molar-refractivity contribution in [1.29, 1.82) is 0 Å². The Hall–Kier alpha value is -1.14. The number of nitrogens with zero attached hydrogens (tertiary/aromatic N) is 2. The molecule has 2 N–H and O–H groups in total. The Labute approximate surface area is 121 Å². The van der Waals surface area contributed by atoms with Crippen LogP contribution >= 0.6 is 0 Å². The smallest absolute Gasteiger partial charge is 0.246 e. The van der Waals surface area contributed by atoms with E-state index in [9.17, 15) is 8.42 Å². The molecule has 0 saturated carbocycles. The van der Waals surface area contributed by atoms with Gasteiger partial charge in [-0.25, -0.2) is 8.42 Å². The number of rotatable bonds is 3. The Kier molecular flexibility index (Phi) is 4.65. The molecule has 0 aromatic carbocycles. The summed E-state index contributed by atoms with van der Waals surface area (Å²) in [7, 11) is -3.52. The van der Waals surface area contributed by atoms with E-state index in [-0.39, 0.29) is 10.6 Å². The number of hydrogen-bond donors (Lipinski definition) is 1. The quantitative estimate of drug-likeness (QED) is 0.927. The van der Waals surface area contributed by atoms with Crippen LogP contribution < -0.4 is 5.73 Å². The minimum atomic E-state index is -3.52. The first kappa shape index (κ1) is 15.3. The molecule has 1 fully saturated rings. The third-order valence-electron chi connectivity index (χ3n) is 4.11. The first-order chi connectivity index (χ1) is 9.43. The highest BCUT2D eigenvalue weighted by molar-refractivity contribution is 7.89. The van der Waals surface area contributed by atoms with Gasteiger partial charge in [-0.05, 0) is 37.2 Å². The molecule has 1 aromatic heterocycles. The first-order valence-electron chi connectivity index (χ1n) is 7.12. The molecular weight excluding hydrogens is 274 g/mol. The van der Waals surface area contributed by atoms with Gasteiger partial charge >= 0.3 is 0 Å². The summed E-state index contributed by atoms with van der Waals surface area (Å²) in [5.41, 5.74) is 6.05. The van der Waals surface area contributed by atoms with E-state index in [1.807, 2.05) is 0 Å². The third kappa shape index (κ3) is 3.12. The first-order valence-corrected chi connectivity index (χ1v) is 8.56. The average molecular weight is 297 g/mol. The number of nitrogen functional groups attached to an aromatic ring is 1. The Morgan fingerprint density at radius 1 is 1.35 bits per heavy atom. The van der Waals surface area contributed by atoms with E-state index in [1.54, 1.807) is 4.31 Å². The lowest BCUT2D eigenvalue weighted by molar-refractivity contribution is 0.341. The highest BCUT2D eigenvalue weighted by atomic mass is 32.2. The second-order valence-corrected chi connectivity index (χ2v) is 7.66. The maximum Gasteiger partial charge on any atom is 0.246 e. The monoisotopic (exact) mass is 297 g/mol. The van der Waals surface area contributed by atoms with Crippen LogP contribution in [0.3, 0.4) is 0 Å². The fourth-order valence-corrected chi connectivity index (χ4v) is 4.30. The van der Waals surface area contributed by atoms with Gasteiger partial charge in [0.2, 0.25) is 10.0 Å². The van der Waals surface area contributed by atoms with Crippen LogP contribution in [0.15, 0.2) is 23.4 Å². The van der Waals surface area contributed by atoms with Crippen LogP contribution in [-0.4, -0.2) is 30.8 Å². The van der Waals surface area contributed by atoms with Gasteiger partial charge in [0.25, 0.3) is 0 Å². The molecule has 6 heteroatoms. The zero-order valence-corrected chi connectivity index (χ0v) is 12.9. The normalized spacial score (nSPS) is 21.9. The van der Waals surface area contributed by atoms with Gasteiger partial charge in [-0.1, -0.05) is 13.8 Å². The van der Waals surface area contributed by atoms with Gasteiger partial charge in [0, 0.05) is 25.5 Å². The van der Waals surface area contributed by atoms with Crippen molar-refractivity contribution in [2.75, 3.05) is 18.8 Å². The van der Waals surface area contributed by atoms with Gasteiger partial charge in [-0.2, -0.15) is 4.31 Å². The fourth-order valence-electron chi connectivity index (χ4n) is 2.75. The predicted molar refractivity (Wildman–Crippen MR) is 79.6 cm³/mol. The maximum absolute atomic E-state index is 12.6. The molecule has 2 heterocycles. The molecule has 0 amide bonds. The summed E-state index contributed by atoms with van der Waals surface area (Å²) >= 11 is 0. The molecule has 1 aliphatic heterocycles. The lowest BCUT2D eigenvalue weighted by Gasteiger charge is -2.21. The van der Waals surface area contributed by atoms with E-state index in [0.29, 0.717) is 24.9 Å². The van der Waals surface area contributed by atoms with Crippen LogP contribution in [0.4, 0.5) is 5.69 Å². The van der Waals surface area contributed by atoms with Crippen molar-refractivity contribution in [3.8, 4) is 0 Å². The lowest BCUT2D eigenvalue weighted by Crippen LogP contribution is -2.32. The van der Waals surface area contributed by atoms with E-state index < -0.39 is 10.0 Å². The molecule has 20 heavy (non-hydrogen) atoms. The highest BCUT2D eigenvalue weighted by Crippen LogP contribution is 2.28. The third-order valence-corrected chi connectivity index (χ3v) is 6.05. The van der Waals surface area contributed by atoms with E-state index in [1.165, 1.54) is 18.5 Å². The lowest BCUT2D eigenvalue weighted by atomic mass is 9.89. The molecule has 1 saturated heterocycles. The average Bonchev–Trinajstić information content (AvgIpc) is 2.65. The van der Waals surface area contributed by atoms with Crippen molar-refractivity contribution in [2.45, 2.75) is 38.0 Å². The summed E-state index contributed by atoms with van der Waals surface area (Å²) in [5.74, 6) is 1.20. The van der Waals surface area contributed by atoms with Gasteiger partial charge in [-0.15, -0.1) is 0 Å². The van der Waals surface area contributed by atoms with Gasteiger partial charge in [0.05, 0.1) is 5.69 Å². The fraction of sp³-hybridized carbons (Fsp3) is 0.643. The number of anilines is 1.